The summed E-state index contributed by atoms with van der Waals surface area (Å²) >= 11 is 0. The lowest BCUT2D eigenvalue weighted by Gasteiger charge is -2.38. The van der Waals surface area contributed by atoms with Crippen LogP contribution < -0.4 is 0 Å². The fraction of sp³-hybridized carbons (Fsp3) is 0.326. The lowest BCUT2D eigenvalue weighted by molar-refractivity contribution is -0.119. The lowest BCUT2D eigenvalue weighted by atomic mass is 9.77. The third kappa shape index (κ3) is 7.31. The summed E-state index contributed by atoms with van der Waals surface area (Å²) in [5.74, 6) is 0.770. The molecule has 6 rings (SSSR count). The number of pyridine rings is 1. The zero-order chi connectivity index (χ0) is 34.5. The number of hydrogen-bond donors (Lipinski definition) is 0. The van der Waals surface area contributed by atoms with Crippen LogP contribution in [0.5, 0.6) is 0 Å². The standard InChI is InChI=1S/C43H49N3O2Si/c1-42(2,3)49(4,5)48-31-33-23-25-34(26-24-33)41(47)28-27-39-38(22-15-29-44-39)40-30-46(32-45-40)43(35-16-9-6-10-17-35,36-18-11-7-12-19-36)37-20-13-8-14-21-37/h6-22,27-30,32-34H,23-26,31H2,1-5H3/b28-27+. The molecule has 0 unspecified atom stereocenters. The van der Waals surface area contributed by atoms with E-state index < -0.39 is 13.9 Å². The van der Waals surface area contributed by atoms with Crippen molar-refractivity contribution in [2.75, 3.05) is 6.61 Å². The molecule has 6 heteroatoms. The van der Waals surface area contributed by atoms with Gasteiger partial charge in [-0.3, -0.25) is 9.78 Å². The molecule has 1 saturated carbocycles. The third-order valence-electron chi connectivity index (χ3n) is 10.8. The Morgan fingerprint density at radius 2 is 1.35 bits per heavy atom. The first kappa shape index (κ1) is 34.5. The Morgan fingerprint density at radius 3 is 1.88 bits per heavy atom. The van der Waals surface area contributed by atoms with Crippen molar-refractivity contribution in [1.82, 2.24) is 14.5 Å². The number of nitrogens with zero attached hydrogens (tertiary/aromatic N) is 3. The molecule has 0 radical (unpaired) electrons. The maximum Gasteiger partial charge on any atom is 0.191 e. The van der Waals surface area contributed by atoms with E-state index in [0.717, 1.165) is 65.9 Å². The van der Waals surface area contributed by atoms with E-state index in [9.17, 15) is 4.79 Å². The summed E-state index contributed by atoms with van der Waals surface area (Å²) in [6.07, 6.45) is 13.3. The highest BCUT2D eigenvalue weighted by molar-refractivity contribution is 6.74. The second kappa shape index (κ2) is 14.6. The molecule has 1 aliphatic carbocycles. The Hall–Kier alpha value is -4.39. The van der Waals surface area contributed by atoms with Gasteiger partial charge in [-0.1, -0.05) is 112 Å². The minimum absolute atomic E-state index is 0.0509. The second-order valence-electron chi connectivity index (χ2n) is 14.9. The molecule has 0 saturated heterocycles. The van der Waals surface area contributed by atoms with Gasteiger partial charge in [-0.15, -0.1) is 0 Å². The topological polar surface area (TPSA) is 57.0 Å². The SMILES string of the molecule is CC(C)(C)[Si](C)(C)OCC1CCC(C(=O)/C=C/c2ncccc2-c2cn(C(c3ccccc3)(c3ccccc3)c3ccccc3)cn2)CC1. The van der Waals surface area contributed by atoms with Gasteiger partial charge in [0.2, 0.25) is 0 Å². The van der Waals surface area contributed by atoms with Crippen LogP contribution in [0.4, 0.5) is 0 Å². The lowest BCUT2D eigenvalue weighted by Crippen LogP contribution is -2.42. The minimum atomic E-state index is -1.76. The van der Waals surface area contributed by atoms with Crippen LogP contribution in [0.15, 0.2) is 128 Å². The Balaban J connectivity index is 1.25. The van der Waals surface area contributed by atoms with Gasteiger partial charge in [0.05, 0.1) is 17.7 Å². The molecule has 0 spiro atoms. The van der Waals surface area contributed by atoms with Crippen molar-refractivity contribution in [2.45, 2.75) is 70.1 Å². The van der Waals surface area contributed by atoms with E-state index in [0.29, 0.717) is 5.92 Å². The Labute approximate surface area is 293 Å². The molecular formula is C43H49N3O2Si. The number of carbonyl (C=O) groups is 1. The quantitative estimate of drug-likeness (QED) is 0.0799. The first-order valence-corrected chi connectivity index (χ1v) is 20.5. The minimum Gasteiger partial charge on any atom is -0.417 e. The number of hydrogen-bond acceptors (Lipinski definition) is 4. The maximum absolute atomic E-state index is 13.4. The maximum atomic E-state index is 13.4. The van der Waals surface area contributed by atoms with E-state index in [4.69, 9.17) is 14.4 Å². The first-order valence-electron chi connectivity index (χ1n) is 17.6. The molecule has 5 aromatic rings. The number of carbonyl (C=O) groups excluding carboxylic acids is 1. The number of ketones is 1. The van der Waals surface area contributed by atoms with Gasteiger partial charge in [0.25, 0.3) is 0 Å². The summed E-state index contributed by atoms with van der Waals surface area (Å²) in [5.41, 5.74) is 5.17. The van der Waals surface area contributed by atoms with Gasteiger partial charge in [-0.05, 0) is 90.7 Å². The molecule has 0 aliphatic heterocycles. The summed E-state index contributed by atoms with van der Waals surface area (Å²) < 4.78 is 8.72. The zero-order valence-electron chi connectivity index (χ0n) is 29.6. The van der Waals surface area contributed by atoms with E-state index in [1.165, 1.54) is 0 Å². The van der Waals surface area contributed by atoms with Crippen molar-refractivity contribution < 1.29 is 9.22 Å². The van der Waals surface area contributed by atoms with E-state index in [1.54, 1.807) is 12.3 Å². The molecule has 3 aromatic carbocycles. The van der Waals surface area contributed by atoms with Crippen LogP contribution in [-0.2, 0) is 14.8 Å². The van der Waals surface area contributed by atoms with Gasteiger partial charge in [-0.2, -0.15) is 0 Å². The van der Waals surface area contributed by atoms with Crippen molar-refractivity contribution in [3.8, 4) is 11.3 Å². The Morgan fingerprint density at radius 1 is 0.796 bits per heavy atom. The van der Waals surface area contributed by atoms with Gasteiger partial charge >= 0.3 is 0 Å². The van der Waals surface area contributed by atoms with Crippen molar-refractivity contribution in [3.05, 3.63) is 150 Å². The molecule has 2 aromatic heterocycles. The number of imidazole rings is 1. The number of aromatic nitrogens is 3. The highest BCUT2D eigenvalue weighted by Gasteiger charge is 2.39. The van der Waals surface area contributed by atoms with Crippen LogP contribution in [0.25, 0.3) is 17.3 Å². The van der Waals surface area contributed by atoms with Crippen LogP contribution >= 0.6 is 0 Å². The van der Waals surface area contributed by atoms with Crippen LogP contribution in [-0.4, -0.2) is 35.2 Å². The van der Waals surface area contributed by atoms with Crippen LogP contribution in [0.3, 0.4) is 0 Å². The molecule has 0 atom stereocenters. The fourth-order valence-electron chi connectivity index (χ4n) is 6.85. The summed E-state index contributed by atoms with van der Waals surface area (Å²) in [5, 5.41) is 0.211. The predicted octanol–water partition coefficient (Wildman–Crippen LogP) is 10.2. The van der Waals surface area contributed by atoms with Gasteiger partial charge in [0, 0.05) is 30.5 Å². The molecule has 0 bridgehead atoms. The summed E-state index contributed by atoms with van der Waals surface area (Å²) in [7, 11) is -1.76. The molecule has 2 heterocycles. The van der Waals surface area contributed by atoms with E-state index in [2.05, 4.69) is 136 Å². The molecule has 1 fully saturated rings. The average molecular weight is 668 g/mol. The monoisotopic (exact) mass is 667 g/mol. The van der Waals surface area contributed by atoms with Crippen molar-refractivity contribution >= 4 is 20.2 Å². The summed E-state index contributed by atoms with van der Waals surface area (Å²) in [6, 6.07) is 35.7. The Bertz CT molecular complexity index is 1750. The third-order valence-corrected chi connectivity index (χ3v) is 15.3. The van der Waals surface area contributed by atoms with Gasteiger partial charge in [0.1, 0.15) is 5.54 Å². The average Bonchev–Trinajstić information content (AvgIpc) is 3.62. The summed E-state index contributed by atoms with van der Waals surface area (Å²) in [4.78, 5) is 23.1. The largest absolute Gasteiger partial charge is 0.417 e. The van der Waals surface area contributed by atoms with Gasteiger partial charge in [0.15, 0.2) is 14.1 Å². The van der Waals surface area contributed by atoms with Gasteiger partial charge < -0.3 is 8.99 Å². The van der Waals surface area contributed by atoms with Gasteiger partial charge in [-0.25, -0.2) is 4.98 Å². The molecule has 0 amide bonds. The molecule has 5 nitrogen and oxygen atoms in total. The van der Waals surface area contributed by atoms with E-state index in [1.807, 2.05) is 24.5 Å². The smallest absolute Gasteiger partial charge is 0.191 e. The van der Waals surface area contributed by atoms with Crippen LogP contribution in [0.1, 0.15) is 68.8 Å². The zero-order valence-corrected chi connectivity index (χ0v) is 30.6. The number of benzene rings is 3. The summed E-state index contributed by atoms with van der Waals surface area (Å²) in [6.45, 7) is 12.3. The molecule has 252 valence electrons. The normalized spacial score (nSPS) is 17.3. The predicted molar refractivity (Wildman–Crippen MR) is 203 cm³/mol. The van der Waals surface area contributed by atoms with E-state index >= 15 is 0 Å². The fourth-order valence-corrected chi connectivity index (χ4v) is 7.94. The second-order valence-corrected chi connectivity index (χ2v) is 19.7. The van der Waals surface area contributed by atoms with E-state index in [-0.39, 0.29) is 16.7 Å². The number of rotatable bonds is 11. The highest BCUT2D eigenvalue weighted by Crippen LogP contribution is 2.42. The van der Waals surface area contributed by atoms with Crippen LogP contribution in [0.2, 0.25) is 18.1 Å². The highest BCUT2D eigenvalue weighted by atomic mass is 28.4. The van der Waals surface area contributed by atoms with Crippen molar-refractivity contribution in [1.29, 1.82) is 0 Å². The Kier molecular flexibility index (Phi) is 10.3. The number of allylic oxidation sites excluding steroid dienone is 1. The molecular weight excluding hydrogens is 619 g/mol. The van der Waals surface area contributed by atoms with Crippen molar-refractivity contribution in [3.63, 3.8) is 0 Å². The van der Waals surface area contributed by atoms with Crippen molar-refractivity contribution in [2.24, 2.45) is 11.8 Å². The first-order chi connectivity index (χ1) is 23.6. The molecule has 0 N–H and O–H groups in total. The molecule has 49 heavy (non-hydrogen) atoms. The molecule has 1 aliphatic rings. The van der Waals surface area contributed by atoms with Crippen LogP contribution in [0, 0.1) is 11.8 Å².